The van der Waals surface area contributed by atoms with Crippen molar-refractivity contribution in [2.24, 2.45) is 0 Å². The van der Waals surface area contributed by atoms with Crippen molar-refractivity contribution in [1.82, 2.24) is 5.32 Å². The Morgan fingerprint density at radius 3 is 2.62 bits per heavy atom. The van der Waals surface area contributed by atoms with Crippen molar-refractivity contribution in [3.63, 3.8) is 0 Å². The van der Waals surface area contributed by atoms with Gasteiger partial charge < -0.3 is 5.32 Å². The van der Waals surface area contributed by atoms with Crippen molar-refractivity contribution in [3.8, 4) is 11.8 Å². The van der Waals surface area contributed by atoms with Crippen LogP contribution in [0, 0.1) is 11.8 Å². The van der Waals surface area contributed by atoms with Crippen molar-refractivity contribution < 1.29 is 8.42 Å². The predicted molar refractivity (Wildman–Crippen MR) is 65.8 cm³/mol. The molecule has 16 heavy (non-hydrogen) atoms. The Bertz CT molecular complexity index is 509. The van der Waals surface area contributed by atoms with Crippen LogP contribution < -0.4 is 5.32 Å². The van der Waals surface area contributed by atoms with Crippen LogP contribution in [0.2, 0.25) is 0 Å². The molecule has 1 N–H and O–H groups in total. The van der Waals surface area contributed by atoms with Gasteiger partial charge in [-0.1, -0.05) is 30.0 Å². The van der Waals surface area contributed by atoms with Gasteiger partial charge in [-0.2, -0.15) is 0 Å². The molecule has 0 radical (unpaired) electrons. The predicted octanol–water partition coefficient (Wildman–Crippen LogP) is 0.802. The molecule has 86 valence electrons. The normalized spacial score (nSPS) is 10.6. The summed E-state index contributed by atoms with van der Waals surface area (Å²) in [5.41, 5.74) is 1.54. The van der Waals surface area contributed by atoms with Crippen molar-refractivity contribution in [1.29, 1.82) is 0 Å². The van der Waals surface area contributed by atoms with Crippen LogP contribution in [0.15, 0.2) is 24.3 Å². The topological polar surface area (TPSA) is 46.2 Å². The maximum Gasteiger partial charge on any atom is 0.151 e. The zero-order valence-corrected chi connectivity index (χ0v) is 10.3. The van der Waals surface area contributed by atoms with E-state index < -0.39 is 9.84 Å². The average Bonchev–Trinajstić information content (AvgIpc) is 2.19. The zero-order chi connectivity index (χ0) is 12.0. The molecule has 1 aromatic rings. The van der Waals surface area contributed by atoms with Gasteiger partial charge in [-0.3, -0.25) is 0 Å². The SMILES string of the molecule is CNCC#Cc1ccccc1CS(C)(=O)=O. The Balaban J connectivity index is 2.98. The lowest BCUT2D eigenvalue weighted by Crippen LogP contribution is -2.05. The average molecular weight is 237 g/mol. The molecule has 4 heteroatoms. The first kappa shape index (κ1) is 12.8. The maximum atomic E-state index is 11.2. The van der Waals surface area contributed by atoms with Gasteiger partial charge in [-0.05, 0) is 18.7 Å². The van der Waals surface area contributed by atoms with E-state index >= 15 is 0 Å². The molecule has 1 aromatic carbocycles. The third-order valence-corrected chi connectivity index (χ3v) is 2.76. The van der Waals surface area contributed by atoms with Gasteiger partial charge in [0.2, 0.25) is 0 Å². The molecule has 0 unspecified atom stereocenters. The molecule has 0 bridgehead atoms. The van der Waals surface area contributed by atoms with Crippen LogP contribution in [-0.4, -0.2) is 28.3 Å². The van der Waals surface area contributed by atoms with Crippen LogP contribution in [0.25, 0.3) is 0 Å². The van der Waals surface area contributed by atoms with Crippen LogP contribution in [0.1, 0.15) is 11.1 Å². The molecule has 3 nitrogen and oxygen atoms in total. The summed E-state index contributed by atoms with van der Waals surface area (Å²) in [6.07, 6.45) is 1.23. The van der Waals surface area contributed by atoms with Gasteiger partial charge in [0, 0.05) is 11.8 Å². The van der Waals surface area contributed by atoms with E-state index in [1.807, 2.05) is 25.2 Å². The van der Waals surface area contributed by atoms with Crippen molar-refractivity contribution in [2.45, 2.75) is 5.75 Å². The van der Waals surface area contributed by atoms with E-state index in [1.54, 1.807) is 6.07 Å². The molecule has 0 aliphatic heterocycles. The zero-order valence-electron chi connectivity index (χ0n) is 9.45. The summed E-state index contributed by atoms with van der Waals surface area (Å²) in [5.74, 6) is 5.92. The molecule has 0 amide bonds. The van der Waals surface area contributed by atoms with E-state index in [1.165, 1.54) is 6.26 Å². The molecular formula is C12H15NO2S. The van der Waals surface area contributed by atoms with E-state index in [0.717, 1.165) is 11.1 Å². The Hall–Kier alpha value is -1.31. The highest BCUT2D eigenvalue weighted by Crippen LogP contribution is 2.10. The molecular weight excluding hydrogens is 222 g/mol. The molecule has 0 aliphatic rings. The molecule has 1 rings (SSSR count). The summed E-state index contributed by atoms with van der Waals surface area (Å²) >= 11 is 0. The lowest BCUT2D eigenvalue weighted by atomic mass is 10.1. The number of benzene rings is 1. The lowest BCUT2D eigenvalue weighted by molar-refractivity contribution is 0.601. The third-order valence-electron chi connectivity index (χ3n) is 1.92. The Labute approximate surface area is 96.8 Å². The fourth-order valence-electron chi connectivity index (χ4n) is 1.28. The maximum absolute atomic E-state index is 11.2. The van der Waals surface area contributed by atoms with Crippen LogP contribution in [0.3, 0.4) is 0 Å². The number of sulfone groups is 1. The van der Waals surface area contributed by atoms with E-state index in [9.17, 15) is 8.42 Å². The van der Waals surface area contributed by atoms with Gasteiger partial charge in [0.15, 0.2) is 9.84 Å². The summed E-state index contributed by atoms with van der Waals surface area (Å²) in [4.78, 5) is 0. The molecule has 0 aromatic heterocycles. The van der Waals surface area contributed by atoms with Crippen LogP contribution in [0.4, 0.5) is 0 Å². The van der Waals surface area contributed by atoms with E-state index in [4.69, 9.17) is 0 Å². The second kappa shape index (κ2) is 5.69. The summed E-state index contributed by atoms with van der Waals surface area (Å²) in [5, 5.41) is 2.91. The van der Waals surface area contributed by atoms with E-state index in [-0.39, 0.29) is 5.75 Å². The smallest absolute Gasteiger partial charge is 0.151 e. The highest BCUT2D eigenvalue weighted by molar-refractivity contribution is 7.89. The van der Waals surface area contributed by atoms with E-state index in [2.05, 4.69) is 17.2 Å². The van der Waals surface area contributed by atoms with Gasteiger partial charge >= 0.3 is 0 Å². The fraction of sp³-hybridized carbons (Fsp3) is 0.333. The molecule has 0 aliphatic carbocycles. The number of rotatable bonds is 3. The monoisotopic (exact) mass is 237 g/mol. The van der Waals surface area contributed by atoms with Crippen LogP contribution in [0.5, 0.6) is 0 Å². The summed E-state index contributed by atoms with van der Waals surface area (Å²) < 4.78 is 22.4. The second-order valence-electron chi connectivity index (χ2n) is 3.56. The minimum atomic E-state index is -3.01. The Morgan fingerprint density at radius 2 is 2.00 bits per heavy atom. The standard InChI is InChI=1S/C12H15NO2S/c1-13-9-5-8-11-6-3-4-7-12(11)10-16(2,14)15/h3-4,6-7,13H,9-10H2,1-2H3. The first-order valence-electron chi connectivity index (χ1n) is 4.92. The second-order valence-corrected chi connectivity index (χ2v) is 5.70. The fourth-order valence-corrected chi connectivity index (χ4v) is 2.10. The Morgan fingerprint density at radius 1 is 1.31 bits per heavy atom. The first-order valence-corrected chi connectivity index (χ1v) is 6.98. The molecule has 0 spiro atoms. The summed E-state index contributed by atoms with van der Waals surface area (Å²) in [6, 6.07) is 7.31. The number of nitrogens with one attached hydrogen (secondary N) is 1. The summed E-state index contributed by atoms with van der Waals surface area (Å²) in [6.45, 7) is 0.590. The molecule has 0 saturated carbocycles. The van der Waals surface area contributed by atoms with Crippen LogP contribution in [-0.2, 0) is 15.6 Å². The largest absolute Gasteiger partial charge is 0.309 e. The lowest BCUT2D eigenvalue weighted by Gasteiger charge is -2.02. The molecule has 0 fully saturated rings. The highest BCUT2D eigenvalue weighted by Gasteiger charge is 2.07. The third kappa shape index (κ3) is 4.47. The first-order chi connectivity index (χ1) is 7.53. The molecule has 0 saturated heterocycles. The van der Waals surface area contributed by atoms with Gasteiger partial charge in [0.1, 0.15) is 0 Å². The minimum absolute atomic E-state index is 0.0391. The van der Waals surface area contributed by atoms with Gasteiger partial charge in [-0.25, -0.2) is 8.42 Å². The van der Waals surface area contributed by atoms with Gasteiger partial charge in [0.05, 0.1) is 12.3 Å². The van der Waals surface area contributed by atoms with Gasteiger partial charge in [0.25, 0.3) is 0 Å². The number of hydrogen-bond acceptors (Lipinski definition) is 3. The number of hydrogen-bond donors (Lipinski definition) is 1. The van der Waals surface area contributed by atoms with Gasteiger partial charge in [-0.15, -0.1) is 0 Å². The minimum Gasteiger partial charge on any atom is -0.309 e. The van der Waals surface area contributed by atoms with Crippen molar-refractivity contribution >= 4 is 9.84 Å². The summed E-state index contributed by atoms with van der Waals surface area (Å²) in [7, 11) is -1.20. The van der Waals surface area contributed by atoms with Crippen molar-refractivity contribution in [2.75, 3.05) is 19.8 Å². The highest BCUT2D eigenvalue weighted by atomic mass is 32.2. The van der Waals surface area contributed by atoms with Crippen molar-refractivity contribution in [3.05, 3.63) is 35.4 Å². The van der Waals surface area contributed by atoms with Crippen LogP contribution >= 0.6 is 0 Å². The molecule has 0 atom stereocenters. The molecule has 0 heterocycles. The van der Waals surface area contributed by atoms with E-state index in [0.29, 0.717) is 6.54 Å². The quantitative estimate of drug-likeness (QED) is 0.791. The Kier molecular flexibility index (Phi) is 4.53.